The molecule has 108 valence electrons. The second-order valence-corrected chi connectivity index (χ2v) is 6.66. The number of sulfonamides is 1. The maximum atomic E-state index is 11.8. The standard InChI is InChI=1S/C13H23N3O2S/c1-5-9(2)10(3)16-13-8-11(6-7-12(13)14)19(17,18)15-4/h6-10,15-16H,5,14H2,1-4H3. The van der Waals surface area contributed by atoms with E-state index < -0.39 is 10.0 Å². The maximum absolute atomic E-state index is 11.8. The summed E-state index contributed by atoms with van der Waals surface area (Å²) in [5.74, 6) is 0.476. The minimum Gasteiger partial charge on any atom is -0.397 e. The summed E-state index contributed by atoms with van der Waals surface area (Å²) in [6, 6.07) is 4.90. The van der Waals surface area contributed by atoms with Crippen molar-refractivity contribution in [2.75, 3.05) is 18.1 Å². The summed E-state index contributed by atoms with van der Waals surface area (Å²) < 4.78 is 25.8. The molecule has 0 saturated heterocycles. The number of nitrogens with two attached hydrogens (primary N) is 1. The fraction of sp³-hybridized carbons (Fsp3) is 0.538. The van der Waals surface area contributed by atoms with E-state index in [1.807, 2.05) is 0 Å². The zero-order valence-electron chi connectivity index (χ0n) is 11.9. The Morgan fingerprint density at radius 1 is 1.32 bits per heavy atom. The van der Waals surface area contributed by atoms with Gasteiger partial charge in [-0.2, -0.15) is 0 Å². The van der Waals surface area contributed by atoms with Crippen LogP contribution in [0.2, 0.25) is 0 Å². The smallest absolute Gasteiger partial charge is 0.240 e. The summed E-state index contributed by atoms with van der Waals surface area (Å²) in [6.45, 7) is 6.32. The quantitative estimate of drug-likeness (QED) is 0.698. The topological polar surface area (TPSA) is 84.2 Å². The van der Waals surface area contributed by atoms with Gasteiger partial charge in [-0.3, -0.25) is 0 Å². The van der Waals surface area contributed by atoms with Crippen molar-refractivity contribution in [3.63, 3.8) is 0 Å². The highest BCUT2D eigenvalue weighted by atomic mass is 32.2. The van der Waals surface area contributed by atoms with Gasteiger partial charge in [0.15, 0.2) is 0 Å². The minimum atomic E-state index is -3.44. The first-order valence-electron chi connectivity index (χ1n) is 6.41. The lowest BCUT2D eigenvalue weighted by Gasteiger charge is -2.22. The minimum absolute atomic E-state index is 0.211. The highest BCUT2D eigenvalue weighted by molar-refractivity contribution is 7.89. The molecule has 0 radical (unpaired) electrons. The molecule has 1 aromatic rings. The second kappa shape index (κ2) is 6.25. The van der Waals surface area contributed by atoms with Gasteiger partial charge in [0.25, 0.3) is 0 Å². The largest absolute Gasteiger partial charge is 0.397 e. The average molecular weight is 285 g/mol. The molecule has 0 aromatic heterocycles. The molecular weight excluding hydrogens is 262 g/mol. The lowest BCUT2D eigenvalue weighted by molar-refractivity contribution is 0.495. The van der Waals surface area contributed by atoms with Crippen molar-refractivity contribution in [3.05, 3.63) is 18.2 Å². The molecule has 0 fully saturated rings. The Balaban J connectivity index is 3.05. The fourth-order valence-electron chi connectivity index (χ4n) is 1.69. The Hall–Kier alpha value is -1.27. The second-order valence-electron chi connectivity index (χ2n) is 4.78. The number of rotatable bonds is 6. The summed E-state index contributed by atoms with van der Waals surface area (Å²) >= 11 is 0. The van der Waals surface area contributed by atoms with E-state index in [1.165, 1.54) is 13.1 Å². The zero-order valence-corrected chi connectivity index (χ0v) is 12.7. The van der Waals surface area contributed by atoms with Gasteiger partial charge >= 0.3 is 0 Å². The highest BCUT2D eigenvalue weighted by Crippen LogP contribution is 2.25. The van der Waals surface area contributed by atoms with Crippen molar-refractivity contribution in [3.8, 4) is 0 Å². The summed E-state index contributed by atoms with van der Waals surface area (Å²) in [6.07, 6.45) is 1.04. The van der Waals surface area contributed by atoms with E-state index in [2.05, 4.69) is 30.8 Å². The van der Waals surface area contributed by atoms with Crippen LogP contribution in [-0.4, -0.2) is 21.5 Å². The predicted molar refractivity (Wildman–Crippen MR) is 79.6 cm³/mol. The maximum Gasteiger partial charge on any atom is 0.240 e. The Bertz CT molecular complexity index is 529. The van der Waals surface area contributed by atoms with Gasteiger partial charge in [-0.15, -0.1) is 0 Å². The number of anilines is 2. The van der Waals surface area contributed by atoms with E-state index in [0.717, 1.165) is 6.42 Å². The molecule has 4 N–H and O–H groups in total. The normalized spacial score (nSPS) is 14.9. The van der Waals surface area contributed by atoms with Crippen molar-refractivity contribution in [2.45, 2.75) is 38.1 Å². The number of hydrogen-bond acceptors (Lipinski definition) is 4. The monoisotopic (exact) mass is 285 g/mol. The highest BCUT2D eigenvalue weighted by Gasteiger charge is 2.15. The average Bonchev–Trinajstić information content (AvgIpc) is 2.39. The number of hydrogen-bond donors (Lipinski definition) is 3. The molecule has 0 saturated carbocycles. The third kappa shape index (κ3) is 3.84. The van der Waals surface area contributed by atoms with Crippen LogP contribution >= 0.6 is 0 Å². The SMILES string of the molecule is CCC(C)C(C)Nc1cc(S(=O)(=O)NC)ccc1N. The van der Waals surface area contributed by atoms with Gasteiger partial charge in [-0.05, 0) is 38.1 Å². The molecule has 0 bridgehead atoms. The molecule has 0 aliphatic rings. The van der Waals surface area contributed by atoms with Crippen molar-refractivity contribution in [1.29, 1.82) is 0 Å². The Morgan fingerprint density at radius 2 is 1.95 bits per heavy atom. The predicted octanol–water partition coefficient (Wildman–Crippen LogP) is 2.02. The first-order chi connectivity index (χ1) is 8.81. The fourth-order valence-corrected chi connectivity index (χ4v) is 2.44. The van der Waals surface area contributed by atoms with Gasteiger partial charge in [-0.1, -0.05) is 20.3 Å². The van der Waals surface area contributed by atoms with Crippen LogP contribution in [0.5, 0.6) is 0 Å². The molecule has 6 heteroatoms. The van der Waals surface area contributed by atoms with E-state index in [-0.39, 0.29) is 10.9 Å². The lowest BCUT2D eigenvalue weighted by Crippen LogP contribution is -2.24. The molecule has 2 atom stereocenters. The molecule has 0 aliphatic carbocycles. The molecule has 19 heavy (non-hydrogen) atoms. The van der Waals surface area contributed by atoms with Crippen molar-refractivity contribution >= 4 is 21.4 Å². The van der Waals surface area contributed by atoms with Crippen LogP contribution in [0.4, 0.5) is 11.4 Å². The van der Waals surface area contributed by atoms with Crippen LogP contribution in [0, 0.1) is 5.92 Å². The molecular formula is C13H23N3O2S. The molecule has 1 rings (SSSR count). The first-order valence-corrected chi connectivity index (χ1v) is 7.89. The summed E-state index contributed by atoms with van der Waals surface area (Å²) in [7, 11) is -2.06. The Labute approximate surface area is 115 Å². The molecule has 1 aromatic carbocycles. The number of benzene rings is 1. The van der Waals surface area contributed by atoms with Gasteiger partial charge in [0, 0.05) is 6.04 Å². The van der Waals surface area contributed by atoms with Gasteiger partial charge in [-0.25, -0.2) is 13.1 Å². The molecule has 0 amide bonds. The van der Waals surface area contributed by atoms with Gasteiger partial charge in [0.2, 0.25) is 10.0 Å². The van der Waals surface area contributed by atoms with E-state index in [0.29, 0.717) is 17.3 Å². The zero-order chi connectivity index (χ0) is 14.6. The van der Waals surface area contributed by atoms with E-state index in [1.54, 1.807) is 12.1 Å². The van der Waals surface area contributed by atoms with Crippen molar-refractivity contribution < 1.29 is 8.42 Å². The first kappa shape index (κ1) is 15.8. The van der Waals surface area contributed by atoms with E-state index in [9.17, 15) is 8.42 Å². The van der Waals surface area contributed by atoms with Crippen LogP contribution in [0.3, 0.4) is 0 Å². The third-order valence-electron chi connectivity index (χ3n) is 3.48. The van der Waals surface area contributed by atoms with Crippen LogP contribution < -0.4 is 15.8 Å². The molecule has 2 unspecified atom stereocenters. The Kier molecular flexibility index (Phi) is 5.20. The summed E-state index contributed by atoms with van der Waals surface area (Å²) in [4.78, 5) is 0.211. The summed E-state index contributed by atoms with van der Waals surface area (Å²) in [5, 5.41) is 3.28. The van der Waals surface area contributed by atoms with Crippen LogP contribution in [-0.2, 0) is 10.0 Å². The van der Waals surface area contributed by atoms with Crippen molar-refractivity contribution in [1.82, 2.24) is 4.72 Å². The number of nitrogens with one attached hydrogen (secondary N) is 2. The lowest BCUT2D eigenvalue weighted by atomic mass is 10.0. The molecule has 0 aliphatic heterocycles. The van der Waals surface area contributed by atoms with Gasteiger partial charge in [0.05, 0.1) is 16.3 Å². The molecule has 0 heterocycles. The van der Waals surface area contributed by atoms with Crippen molar-refractivity contribution in [2.24, 2.45) is 5.92 Å². The third-order valence-corrected chi connectivity index (χ3v) is 4.90. The van der Waals surface area contributed by atoms with Gasteiger partial charge in [0.1, 0.15) is 0 Å². The van der Waals surface area contributed by atoms with E-state index in [4.69, 9.17) is 5.73 Å². The summed E-state index contributed by atoms with van der Waals surface area (Å²) in [5.41, 5.74) is 7.09. The Morgan fingerprint density at radius 3 is 2.47 bits per heavy atom. The van der Waals surface area contributed by atoms with Crippen LogP contribution in [0.15, 0.2) is 23.1 Å². The van der Waals surface area contributed by atoms with Gasteiger partial charge < -0.3 is 11.1 Å². The van der Waals surface area contributed by atoms with Crippen LogP contribution in [0.1, 0.15) is 27.2 Å². The van der Waals surface area contributed by atoms with Crippen LogP contribution in [0.25, 0.3) is 0 Å². The molecule has 5 nitrogen and oxygen atoms in total. The molecule has 0 spiro atoms. The van der Waals surface area contributed by atoms with E-state index >= 15 is 0 Å². The number of nitrogen functional groups attached to an aromatic ring is 1.